The number of hydrogen-bond donors (Lipinski definition) is 0. The van der Waals surface area contributed by atoms with Gasteiger partial charge in [0.05, 0.1) is 40.3 Å². The lowest BCUT2D eigenvalue weighted by Crippen LogP contribution is -2.56. The fourth-order valence-corrected chi connectivity index (χ4v) is 8.48. The van der Waals surface area contributed by atoms with Crippen molar-refractivity contribution in [3.8, 4) is 0 Å². The second-order valence-corrected chi connectivity index (χ2v) is 22.8. The minimum absolute atomic E-state index is 0.322. The maximum Gasteiger partial charge on any atom is 0.223 e. The van der Waals surface area contributed by atoms with E-state index in [-0.39, 0.29) is 0 Å². The van der Waals surface area contributed by atoms with Gasteiger partial charge in [0.2, 0.25) is 29.5 Å². The number of carbonyl (C=O) groups is 5. The second kappa shape index (κ2) is 32.9. The Bertz CT molecular complexity index is 1310. The molecule has 5 saturated heterocycles. The highest BCUT2D eigenvalue weighted by molar-refractivity contribution is 5.78. The smallest absolute Gasteiger partial charge is 0.223 e. The van der Waals surface area contributed by atoms with Gasteiger partial charge in [-0.1, -0.05) is 69.2 Å². The van der Waals surface area contributed by atoms with Crippen LogP contribution in [-0.4, -0.2) is 200 Å². The van der Waals surface area contributed by atoms with Gasteiger partial charge >= 0.3 is 0 Å². The Labute approximate surface area is 406 Å². The van der Waals surface area contributed by atoms with Crippen LogP contribution in [0.1, 0.15) is 154 Å². The highest BCUT2D eigenvalue weighted by Gasteiger charge is 2.27. The number of amides is 5. The summed E-state index contributed by atoms with van der Waals surface area (Å²) < 4.78 is 1.05. The highest BCUT2D eigenvalue weighted by Crippen LogP contribution is 2.15. The SMILES string of the molecule is CC(C)CC(=O)N1CCCCC1.CC(C)CC(=O)N1CCCCC1.CC(C)CC(=O)N1CCN(C(C)C)CC1.CC(C)CC(=O)N1CCN(C)CC1.CC(C)CC(=O)N1CC[N+](C)(C)CC1. The van der Waals surface area contributed by atoms with Gasteiger partial charge in [-0.3, -0.25) is 28.9 Å². The Kier molecular flexibility index (Phi) is 30.5. The van der Waals surface area contributed by atoms with Crippen molar-refractivity contribution < 1.29 is 28.5 Å². The van der Waals surface area contributed by atoms with E-state index in [4.69, 9.17) is 0 Å². The predicted molar refractivity (Wildman–Crippen MR) is 274 cm³/mol. The molecule has 0 spiro atoms. The molecule has 5 aliphatic heterocycles. The second-order valence-electron chi connectivity index (χ2n) is 22.8. The van der Waals surface area contributed by atoms with Gasteiger partial charge in [0, 0.05) is 117 Å². The molecule has 0 radical (unpaired) electrons. The molecule has 0 N–H and O–H groups in total. The van der Waals surface area contributed by atoms with Crippen LogP contribution in [0.5, 0.6) is 0 Å². The lowest BCUT2D eigenvalue weighted by atomic mass is 10.1. The van der Waals surface area contributed by atoms with E-state index in [0.717, 1.165) is 122 Å². The first-order valence-electron chi connectivity index (χ1n) is 26.5. The number of piperidine rings is 2. The Morgan fingerprint density at radius 2 is 0.591 bits per heavy atom. The molecule has 0 atom stereocenters. The molecular weight excluding hydrogens is 829 g/mol. The maximum atomic E-state index is 11.8. The van der Waals surface area contributed by atoms with Gasteiger partial charge in [-0.15, -0.1) is 0 Å². The number of carbonyl (C=O) groups excluding carboxylic acids is 5. The van der Waals surface area contributed by atoms with Crippen molar-refractivity contribution in [2.75, 3.05) is 126 Å². The van der Waals surface area contributed by atoms with Gasteiger partial charge < -0.3 is 33.9 Å². The molecule has 5 amide bonds. The van der Waals surface area contributed by atoms with Crippen LogP contribution in [0.4, 0.5) is 0 Å². The first-order chi connectivity index (χ1) is 30.9. The van der Waals surface area contributed by atoms with E-state index in [1.54, 1.807) is 0 Å². The predicted octanol–water partition coefficient (Wildman–Crippen LogP) is 7.43. The molecule has 0 aromatic carbocycles. The quantitative estimate of drug-likeness (QED) is 0.199. The third kappa shape index (κ3) is 27.9. The summed E-state index contributed by atoms with van der Waals surface area (Å²) in [6, 6.07) is 0.604. The standard InChI is InChI=1S/C12H24N2O.C11H23N2O.C10H20N2O.2C10H19NO/c1-10(2)9-12(15)14-7-5-13(6-8-14)11(3)4;1-10(2)9-11(14)12-5-7-13(3,4)8-6-12;1-9(2)8-10(13)12-6-4-11(3)5-7-12;2*1-9(2)8-10(12)11-6-4-3-5-7-11/h10-11H,5-9H2,1-4H3;10H,5-9H2,1-4H3;9H,4-8H2,1-3H3;2*9H,3-8H2,1-2H3/q;+1;;;. The molecule has 13 heteroatoms. The fraction of sp³-hybridized carbons (Fsp3) is 0.906. The summed E-state index contributed by atoms with van der Waals surface area (Å²) in [6.45, 7) is 41.1. The van der Waals surface area contributed by atoms with Crippen LogP contribution in [-0.2, 0) is 24.0 Å². The van der Waals surface area contributed by atoms with E-state index >= 15 is 0 Å². The number of nitrogens with zero attached hydrogens (tertiary/aromatic N) is 8. The summed E-state index contributed by atoms with van der Waals surface area (Å²) >= 11 is 0. The van der Waals surface area contributed by atoms with Crippen molar-refractivity contribution in [1.82, 2.24) is 34.3 Å². The van der Waals surface area contributed by atoms with Crippen LogP contribution in [0, 0.1) is 29.6 Å². The summed E-state index contributed by atoms with van der Waals surface area (Å²) in [5.41, 5.74) is 0. The Morgan fingerprint density at radius 1 is 0.348 bits per heavy atom. The van der Waals surface area contributed by atoms with Crippen LogP contribution in [0.2, 0.25) is 0 Å². The summed E-state index contributed by atoms with van der Waals surface area (Å²) in [4.78, 5) is 73.0. The average molecular weight is 934 g/mol. The molecule has 66 heavy (non-hydrogen) atoms. The van der Waals surface area contributed by atoms with E-state index in [0.29, 0.717) is 84.4 Å². The third-order valence-corrected chi connectivity index (χ3v) is 12.9. The summed E-state index contributed by atoms with van der Waals surface area (Å²) in [5, 5.41) is 0. The topological polar surface area (TPSA) is 108 Å². The van der Waals surface area contributed by atoms with Crippen LogP contribution in [0.15, 0.2) is 0 Å². The molecule has 0 aliphatic carbocycles. The van der Waals surface area contributed by atoms with Crippen molar-refractivity contribution in [3.05, 3.63) is 0 Å². The van der Waals surface area contributed by atoms with Crippen LogP contribution in [0.3, 0.4) is 0 Å². The van der Waals surface area contributed by atoms with Gasteiger partial charge in [-0.05, 0) is 89.0 Å². The Morgan fingerprint density at radius 3 is 0.848 bits per heavy atom. The normalized spacial score (nSPS) is 19.4. The Balaban J connectivity index is 0.000000414. The molecular formula is C53H105N8O5+. The molecule has 0 aromatic rings. The number of likely N-dealkylation sites (tertiary alicyclic amines) is 2. The lowest BCUT2D eigenvalue weighted by Gasteiger charge is -2.39. The van der Waals surface area contributed by atoms with Crippen LogP contribution < -0.4 is 0 Å². The molecule has 5 aliphatic rings. The lowest BCUT2D eigenvalue weighted by molar-refractivity contribution is -0.894. The molecule has 0 unspecified atom stereocenters. The molecule has 0 bridgehead atoms. The summed E-state index contributed by atoms with van der Waals surface area (Å²) in [6.07, 6.45) is 10.9. The third-order valence-electron chi connectivity index (χ3n) is 12.9. The van der Waals surface area contributed by atoms with Gasteiger partial charge in [0.15, 0.2) is 0 Å². The maximum absolute atomic E-state index is 11.8. The number of hydrogen-bond acceptors (Lipinski definition) is 7. The van der Waals surface area contributed by atoms with Gasteiger partial charge in [-0.2, -0.15) is 0 Å². The molecule has 0 saturated carbocycles. The highest BCUT2D eigenvalue weighted by atomic mass is 16.2. The molecule has 386 valence electrons. The number of likely N-dealkylation sites (N-methyl/N-ethyl adjacent to an activating group) is 2. The van der Waals surface area contributed by atoms with E-state index in [1.165, 1.54) is 38.5 Å². The molecule has 0 aromatic heterocycles. The van der Waals surface area contributed by atoms with Crippen LogP contribution in [0.25, 0.3) is 0 Å². The van der Waals surface area contributed by atoms with E-state index < -0.39 is 0 Å². The number of piperazine rings is 3. The zero-order valence-corrected chi connectivity index (χ0v) is 45.7. The van der Waals surface area contributed by atoms with Crippen molar-refractivity contribution in [3.63, 3.8) is 0 Å². The first-order valence-corrected chi connectivity index (χ1v) is 26.5. The molecule has 5 heterocycles. The van der Waals surface area contributed by atoms with Crippen molar-refractivity contribution >= 4 is 29.5 Å². The number of quaternary nitrogens is 1. The minimum Gasteiger partial charge on any atom is -0.343 e. The monoisotopic (exact) mass is 934 g/mol. The fourth-order valence-electron chi connectivity index (χ4n) is 8.48. The van der Waals surface area contributed by atoms with Crippen LogP contribution >= 0.6 is 0 Å². The molecule has 5 fully saturated rings. The van der Waals surface area contributed by atoms with Crippen molar-refractivity contribution in [2.24, 2.45) is 29.6 Å². The van der Waals surface area contributed by atoms with E-state index in [9.17, 15) is 24.0 Å². The number of rotatable bonds is 11. The van der Waals surface area contributed by atoms with Gasteiger partial charge in [0.25, 0.3) is 0 Å². The first kappa shape index (κ1) is 61.2. The molecule has 5 rings (SSSR count). The summed E-state index contributed by atoms with van der Waals surface area (Å²) in [5.74, 6) is 4.11. The molecule has 13 nitrogen and oxygen atoms in total. The van der Waals surface area contributed by atoms with E-state index in [1.807, 2.05) is 24.5 Å². The van der Waals surface area contributed by atoms with Gasteiger partial charge in [0.1, 0.15) is 0 Å². The minimum atomic E-state index is 0.322. The average Bonchev–Trinajstić information content (AvgIpc) is 3.24. The Hall–Kier alpha value is -2.77. The van der Waals surface area contributed by atoms with Crippen molar-refractivity contribution in [2.45, 2.75) is 160 Å². The zero-order chi connectivity index (χ0) is 50.0. The van der Waals surface area contributed by atoms with Gasteiger partial charge in [-0.25, -0.2) is 0 Å². The van der Waals surface area contributed by atoms with Crippen molar-refractivity contribution in [1.29, 1.82) is 0 Å². The largest absolute Gasteiger partial charge is 0.343 e. The zero-order valence-electron chi connectivity index (χ0n) is 45.7. The van der Waals surface area contributed by atoms with E-state index in [2.05, 4.69) is 114 Å². The summed E-state index contributed by atoms with van der Waals surface area (Å²) in [7, 11) is 6.55.